The molecule has 3 aromatic rings. The Bertz CT molecular complexity index is 958. The molecule has 3 aromatic heterocycles. The zero-order chi connectivity index (χ0) is 17.6. The zero-order valence-corrected chi connectivity index (χ0v) is 14.6. The first kappa shape index (κ1) is 15.7. The van der Waals surface area contributed by atoms with Crippen molar-refractivity contribution in [1.82, 2.24) is 29.6 Å². The van der Waals surface area contributed by atoms with Gasteiger partial charge >= 0.3 is 0 Å². The van der Waals surface area contributed by atoms with Crippen molar-refractivity contribution in [1.29, 1.82) is 0 Å². The van der Waals surface area contributed by atoms with E-state index in [-0.39, 0.29) is 11.7 Å². The lowest BCUT2D eigenvalue weighted by Gasteiger charge is -2.16. The summed E-state index contributed by atoms with van der Waals surface area (Å²) in [7, 11) is 1.74. The molecule has 0 radical (unpaired) electrons. The molecule has 4 rings (SSSR count). The van der Waals surface area contributed by atoms with Crippen molar-refractivity contribution in [2.75, 3.05) is 7.05 Å². The van der Waals surface area contributed by atoms with Gasteiger partial charge in [0.05, 0.1) is 6.54 Å². The minimum absolute atomic E-state index is 0.214. The maximum atomic E-state index is 12.9. The predicted molar refractivity (Wildman–Crippen MR) is 89.2 cm³/mol. The van der Waals surface area contributed by atoms with E-state index in [9.17, 15) is 4.79 Å². The number of nitrogens with zero attached hydrogens (tertiary/aromatic N) is 6. The highest BCUT2D eigenvalue weighted by molar-refractivity contribution is 5.91. The summed E-state index contributed by atoms with van der Waals surface area (Å²) in [6, 6.07) is 1.90. The Morgan fingerprint density at radius 1 is 1.28 bits per heavy atom. The Morgan fingerprint density at radius 2 is 2.08 bits per heavy atom. The number of rotatable bonds is 3. The average Bonchev–Trinajstić information content (AvgIpc) is 3.19. The van der Waals surface area contributed by atoms with Crippen LogP contribution in [-0.4, -0.2) is 42.6 Å². The molecule has 1 aliphatic rings. The minimum atomic E-state index is -0.214. The van der Waals surface area contributed by atoms with Gasteiger partial charge in [0.25, 0.3) is 11.7 Å². The van der Waals surface area contributed by atoms with Crippen LogP contribution in [0.15, 0.2) is 10.6 Å². The number of hydrogen-bond donors (Lipinski definition) is 0. The normalized spacial score (nSPS) is 13.9. The van der Waals surface area contributed by atoms with Crippen LogP contribution < -0.4 is 0 Å². The smallest absolute Gasteiger partial charge is 0.292 e. The van der Waals surface area contributed by atoms with Gasteiger partial charge in [-0.3, -0.25) is 9.20 Å². The largest absolute Gasteiger partial charge is 0.361 e. The van der Waals surface area contributed by atoms with E-state index in [1.165, 1.54) is 0 Å². The third kappa shape index (κ3) is 2.67. The Labute approximate surface area is 144 Å². The van der Waals surface area contributed by atoms with Gasteiger partial charge in [-0.1, -0.05) is 5.16 Å². The van der Waals surface area contributed by atoms with Gasteiger partial charge in [-0.25, -0.2) is 4.98 Å². The van der Waals surface area contributed by atoms with E-state index in [1.807, 2.05) is 19.9 Å². The number of carbonyl (C=O) groups is 1. The summed E-state index contributed by atoms with van der Waals surface area (Å²) in [6.07, 6.45) is 4.16. The van der Waals surface area contributed by atoms with E-state index in [1.54, 1.807) is 16.3 Å². The van der Waals surface area contributed by atoms with Crippen molar-refractivity contribution in [3.05, 3.63) is 40.3 Å². The summed E-state index contributed by atoms with van der Waals surface area (Å²) in [5, 5.41) is 12.3. The highest BCUT2D eigenvalue weighted by Crippen LogP contribution is 2.25. The lowest BCUT2D eigenvalue weighted by Crippen LogP contribution is -2.29. The minimum Gasteiger partial charge on any atom is -0.361 e. The van der Waals surface area contributed by atoms with Crippen molar-refractivity contribution >= 4 is 11.7 Å². The molecule has 8 nitrogen and oxygen atoms in total. The van der Waals surface area contributed by atoms with Gasteiger partial charge < -0.3 is 9.42 Å². The number of hydrogen-bond acceptors (Lipinski definition) is 6. The molecule has 0 spiro atoms. The molecule has 3 heterocycles. The van der Waals surface area contributed by atoms with Crippen molar-refractivity contribution in [3.8, 4) is 0 Å². The van der Waals surface area contributed by atoms with E-state index in [0.717, 1.165) is 54.1 Å². The van der Waals surface area contributed by atoms with Crippen LogP contribution in [0.25, 0.3) is 5.78 Å². The van der Waals surface area contributed by atoms with Crippen molar-refractivity contribution in [2.24, 2.45) is 0 Å². The van der Waals surface area contributed by atoms with Gasteiger partial charge in [0.1, 0.15) is 11.5 Å². The van der Waals surface area contributed by atoms with E-state index in [0.29, 0.717) is 12.3 Å². The Kier molecular flexibility index (Phi) is 3.74. The van der Waals surface area contributed by atoms with E-state index >= 15 is 0 Å². The number of fused-ring (bicyclic) bond motifs is 2. The fourth-order valence-electron chi connectivity index (χ4n) is 3.41. The molecule has 0 bridgehead atoms. The summed E-state index contributed by atoms with van der Waals surface area (Å²) in [5.74, 6) is 1.45. The Morgan fingerprint density at radius 3 is 2.92 bits per heavy atom. The first-order chi connectivity index (χ1) is 12.0. The number of aromatic nitrogens is 5. The Balaban J connectivity index is 1.62. The molecule has 1 amide bonds. The number of aryl methyl sites for hydroxylation is 3. The fraction of sp³-hybridized carbons (Fsp3) is 0.471. The van der Waals surface area contributed by atoms with E-state index in [2.05, 4.69) is 20.3 Å². The molecular weight excluding hydrogens is 320 g/mol. The Hall–Kier alpha value is -2.77. The van der Waals surface area contributed by atoms with Crippen LogP contribution in [0.4, 0.5) is 0 Å². The maximum Gasteiger partial charge on any atom is 0.292 e. The van der Waals surface area contributed by atoms with Gasteiger partial charge in [-0.15, -0.1) is 10.2 Å². The van der Waals surface area contributed by atoms with Crippen LogP contribution in [0.1, 0.15) is 51.9 Å². The lowest BCUT2D eigenvalue weighted by atomic mass is 9.96. The topological polar surface area (TPSA) is 89.4 Å². The van der Waals surface area contributed by atoms with Crippen LogP contribution in [0.5, 0.6) is 0 Å². The summed E-state index contributed by atoms with van der Waals surface area (Å²) in [6.45, 7) is 4.20. The molecule has 0 saturated heterocycles. The fourth-order valence-corrected chi connectivity index (χ4v) is 3.41. The van der Waals surface area contributed by atoms with Crippen molar-refractivity contribution < 1.29 is 9.32 Å². The summed E-state index contributed by atoms with van der Waals surface area (Å²) < 4.78 is 7.11. The van der Waals surface area contributed by atoms with E-state index in [4.69, 9.17) is 4.52 Å². The molecule has 0 aliphatic heterocycles. The SMILES string of the molecule is Cc1cc(C)n2c(C(=O)N(C)Cc3noc4c3CCCC4)nnc2n1. The highest BCUT2D eigenvalue weighted by atomic mass is 16.5. The van der Waals surface area contributed by atoms with Gasteiger partial charge in [-0.2, -0.15) is 0 Å². The standard InChI is InChI=1S/C17H20N6O2/c1-10-8-11(2)23-15(19-20-17(23)18-10)16(24)22(3)9-13-12-6-4-5-7-14(12)25-21-13/h8H,4-7,9H2,1-3H3. The molecule has 0 aromatic carbocycles. The molecule has 0 atom stereocenters. The third-order valence-corrected chi connectivity index (χ3v) is 4.65. The van der Waals surface area contributed by atoms with Crippen molar-refractivity contribution in [3.63, 3.8) is 0 Å². The highest BCUT2D eigenvalue weighted by Gasteiger charge is 2.24. The molecule has 1 aliphatic carbocycles. The zero-order valence-electron chi connectivity index (χ0n) is 14.6. The van der Waals surface area contributed by atoms with E-state index < -0.39 is 0 Å². The first-order valence-electron chi connectivity index (χ1n) is 8.45. The van der Waals surface area contributed by atoms with Crippen LogP contribution in [0.2, 0.25) is 0 Å². The quantitative estimate of drug-likeness (QED) is 0.723. The summed E-state index contributed by atoms with van der Waals surface area (Å²) in [4.78, 5) is 18.8. The van der Waals surface area contributed by atoms with Gasteiger partial charge in [0.15, 0.2) is 0 Å². The second-order valence-corrected chi connectivity index (χ2v) is 6.60. The second-order valence-electron chi connectivity index (χ2n) is 6.60. The number of carbonyl (C=O) groups excluding carboxylic acids is 1. The van der Waals surface area contributed by atoms with Gasteiger partial charge in [0, 0.05) is 30.4 Å². The molecule has 8 heteroatoms. The van der Waals surface area contributed by atoms with Crippen molar-refractivity contribution in [2.45, 2.75) is 46.1 Å². The maximum absolute atomic E-state index is 12.9. The first-order valence-corrected chi connectivity index (χ1v) is 8.45. The van der Waals surface area contributed by atoms with Crippen LogP contribution >= 0.6 is 0 Å². The van der Waals surface area contributed by atoms with Crippen LogP contribution in [-0.2, 0) is 19.4 Å². The molecule has 25 heavy (non-hydrogen) atoms. The monoisotopic (exact) mass is 340 g/mol. The average molecular weight is 340 g/mol. The molecular formula is C17H20N6O2. The predicted octanol–water partition coefficient (Wildman–Crippen LogP) is 1.88. The molecule has 0 N–H and O–H groups in total. The molecule has 0 fully saturated rings. The molecule has 0 saturated carbocycles. The molecule has 130 valence electrons. The van der Waals surface area contributed by atoms with Gasteiger partial charge in [-0.05, 0) is 39.2 Å². The lowest BCUT2D eigenvalue weighted by molar-refractivity contribution is 0.0768. The molecule has 0 unspecified atom stereocenters. The summed E-state index contributed by atoms with van der Waals surface area (Å²) in [5.41, 5.74) is 3.72. The summed E-state index contributed by atoms with van der Waals surface area (Å²) >= 11 is 0. The van der Waals surface area contributed by atoms with Gasteiger partial charge in [0.2, 0.25) is 5.82 Å². The van der Waals surface area contributed by atoms with Crippen LogP contribution in [0, 0.1) is 13.8 Å². The number of amides is 1. The second kappa shape index (κ2) is 5.94. The van der Waals surface area contributed by atoms with Crippen LogP contribution in [0.3, 0.4) is 0 Å². The third-order valence-electron chi connectivity index (χ3n) is 4.65.